The zero-order valence-corrected chi connectivity index (χ0v) is 40.8. The molecule has 0 fully saturated rings. The smallest absolute Gasteiger partial charge is 0.252 e. The molecule has 3 aliphatic rings. The molecule has 0 saturated carbocycles. The zero-order chi connectivity index (χ0) is 44.3. The largest absolute Gasteiger partial charge is 0.311 e. The second kappa shape index (κ2) is 14.4. The van der Waals surface area contributed by atoms with Crippen LogP contribution in [0.1, 0.15) is 52.7 Å². The van der Waals surface area contributed by atoms with Crippen molar-refractivity contribution in [3.63, 3.8) is 0 Å². The van der Waals surface area contributed by atoms with E-state index in [2.05, 4.69) is 253 Å². The van der Waals surface area contributed by atoms with Gasteiger partial charge in [-0.3, -0.25) is 0 Å². The normalized spacial score (nSPS) is 14.7. The van der Waals surface area contributed by atoms with Crippen LogP contribution in [0, 0.1) is 0 Å². The summed E-state index contributed by atoms with van der Waals surface area (Å²) in [4.78, 5) is 5.24. The van der Waals surface area contributed by atoms with Crippen molar-refractivity contribution >= 4 is 99.3 Å². The summed E-state index contributed by atoms with van der Waals surface area (Å²) in [6.07, 6.45) is 0. The molecule has 0 radical (unpaired) electrons. The molecule has 0 spiro atoms. The molecule has 11 rings (SSSR count). The molecule has 0 amide bonds. The summed E-state index contributed by atoms with van der Waals surface area (Å²) in [6, 6.07) is 70.8. The first-order valence-corrected chi connectivity index (χ1v) is 28.6. The number of anilines is 6. The predicted octanol–water partition coefficient (Wildman–Crippen LogP) is 10.3. The highest BCUT2D eigenvalue weighted by molar-refractivity contribution is 7.22. The maximum Gasteiger partial charge on any atom is 0.252 e. The van der Waals surface area contributed by atoms with Crippen LogP contribution in [0.15, 0.2) is 182 Å². The number of benzene rings is 8. The first kappa shape index (κ1) is 40.6. The van der Waals surface area contributed by atoms with E-state index in [1.165, 1.54) is 98.7 Å². The molecule has 2 nitrogen and oxygen atoms in total. The van der Waals surface area contributed by atoms with Crippen molar-refractivity contribution in [1.82, 2.24) is 0 Å². The van der Waals surface area contributed by atoms with Crippen LogP contribution in [0.25, 0.3) is 11.1 Å². The lowest BCUT2D eigenvalue weighted by Gasteiger charge is -2.46. The molecular weight excluding hydrogens is 804 g/mol. The van der Waals surface area contributed by atoms with Crippen LogP contribution in [0.4, 0.5) is 34.1 Å². The van der Waals surface area contributed by atoms with E-state index in [0.717, 1.165) is 0 Å². The third-order valence-electron chi connectivity index (χ3n) is 14.4. The number of para-hydroxylation sites is 1. The summed E-state index contributed by atoms with van der Waals surface area (Å²) in [5.74, 6) is 0. The van der Waals surface area contributed by atoms with Crippen molar-refractivity contribution < 1.29 is 0 Å². The first-order chi connectivity index (χ1) is 30.7. The van der Waals surface area contributed by atoms with E-state index in [-0.39, 0.29) is 17.5 Å². The van der Waals surface area contributed by atoms with Crippen LogP contribution >= 0.6 is 0 Å². The van der Waals surface area contributed by atoms with Crippen LogP contribution in [-0.2, 0) is 10.8 Å². The molecule has 0 unspecified atom stereocenters. The minimum absolute atomic E-state index is 0.00491. The summed E-state index contributed by atoms with van der Waals surface area (Å²) in [7, 11) is -4.65. The Hall–Kier alpha value is -6.14. The Labute approximate surface area is 383 Å². The molecule has 0 atom stereocenters. The minimum atomic E-state index is -2.79. The van der Waals surface area contributed by atoms with Gasteiger partial charge in [-0.25, -0.2) is 0 Å². The zero-order valence-electron chi connectivity index (χ0n) is 38.8. The van der Waals surface area contributed by atoms with Gasteiger partial charge in [0, 0.05) is 34.1 Å². The summed E-state index contributed by atoms with van der Waals surface area (Å²) in [5.41, 5.74) is 17.1. The van der Waals surface area contributed by atoms with E-state index in [4.69, 9.17) is 0 Å². The van der Waals surface area contributed by atoms with Gasteiger partial charge in [0.15, 0.2) is 8.07 Å². The molecule has 3 heterocycles. The van der Waals surface area contributed by atoms with E-state index >= 15 is 0 Å². The van der Waals surface area contributed by atoms with Gasteiger partial charge in [0.25, 0.3) is 6.71 Å². The molecule has 0 N–H and O–H groups in total. The number of rotatable bonds is 5. The Morgan fingerprint density at radius 1 is 0.422 bits per heavy atom. The first-order valence-electron chi connectivity index (χ1n) is 23.1. The van der Waals surface area contributed by atoms with Gasteiger partial charge in [-0.2, -0.15) is 0 Å². The average molecular weight is 861 g/mol. The molecule has 0 bridgehead atoms. The van der Waals surface area contributed by atoms with Gasteiger partial charge < -0.3 is 9.80 Å². The van der Waals surface area contributed by atoms with Gasteiger partial charge in [0.05, 0.1) is 8.07 Å². The summed E-state index contributed by atoms with van der Waals surface area (Å²) in [6.45, 7) is 21.5. The van der Waals surface area contributed by atoms with Gasteiger partial charge >= 0.3 is 0 Å². The molecule has 8 aromatic carbocycles. The monoisotopic (exact) mass is 860 g/mol. The van der Waals surface area contributed by atoms with E-state index < -0.39 is 16.1 Å². The van der Waals surface area contributed by atoms with Crippen LogP contribution in [0.3, 0.4) is 0 Å². The third kappa shape index (κ3) is 6.11. The van der Waals surface area contributed by atoms with Crippen molar-refractivity contribution in [3.05, 3.63) is 193 Å². The molecule has 3 aliphatic heterocycles. The molecule has 64 heavy (non-hydrogen) atoms. The fourth-order valence-electron chi connectivity index (χ4n) is 11.1. The summed E-state index contributed by atoms with van der Waals surface area (Å²) < 4.78 is 0. The van der Waals surface area contributed by atoms with Crippen LogP contribution in [-0.4, -0.2) is 22.9 Å². The van der Waals surface area contributed by atoms with Crippen LogP contribution in [0.2, 0.25) is 19.6 Å². The van der Waals surface area contributed by atoms with Crippen molar-refractivity contribution in [1.29, 1.82) is 0 Å². The lowest BCUT2D eigenvalue weighted by atomic mass is 9.33. The molecular formula is C59H57BN2Si2. The lowest BCUT2D eigenvalue weighted by molar-refractivity contribution is 0.590. The van der Waals surface area contributed by atoms with Crippen LogP contribution in [0.5, 0.6) is 0 Å². The Balaban J connectivity index is 1.30. The van der Waals surface area contributed by atoms with Crippen molar-refractivity contribution in [3.8, 4) is 11.1 Å². The second-order valence-electron chi connectivity index (χ2n) is 21.4. The maximum atomic E-state index is 2.71. The number of hydrogen-bond acceptors (Lipinski definition) is 2. The van der Waals surface area contributed by atoms with Gasteiger partial charge in [0.2, 0.25) is 0 Å². The molecule has 8 aromatic rings. The molecule has 0 aromatic heterocycles. The average Bonchev–Trinajstić information content (AvgIpc) is 3.58. The van der Waals surface area contributed by atoms with Crippen molar-refractivity contribution in [2.45, 2.75) is 72.0 Å². The maximum absolute atomic E-state index is 2.79. The minimum Gasteiger partial charge on any atom is -0.311 e. The Bertz CT molecular complexity index is 3070. The van der Waals surface area contributed by atoms with Gasteiger partial charge in [-0.1, -0.05) is 200 Å². The molecule has 0 saturated heterocycles. The highest BCUT2D eigenvalue weighted by Crippen LogP contribution is 2.46. The standard InChI is InChI=1S/C59H57BN2Si2/c1-58(2,3)40-29-32-43(33-30-40)61-51-34-31-41(59(4,5)6)35-49(51)60-50-39-56-48(47-27-19-20-28-55(47)64(56,44-23-15-11-16-24-44)45-25-17-12-18-26-45)38-52(50)62(42-21-13-10-14-22-42)54-37-46(63(7,8)9)36-53(61)57(54)60/h10-39H,1-9H3. The number of fused-ring (bicyclic) bond motifs is 7. The fraction of sp³-hybridized carbons (Fsp3) is 0.186. The second-order valence-corrected chi connectivity index (χ2v) is 30.2. The molecule has 314 valence electrons. The molecule has 0 aliphatic carbocycles. The van der Waals surface area contributed by atoms with E-state index in [1.807, 2.05) is 0 Å². The Morgan fingerprint density at radius 3 is 1.50 bits per heavy atom. The van der Waals surface area contributed by atoms with Gasteiger partial charge in [-0.05, 0) is 119 Å². The Kier molecular flexibility index (Phi) is 9.16. The predicted molar refractivity (Wildman–Crippen MR) is 283 cm³/mol. The summed E-state index contributed by atoms with van der Waals surface area (Å²) in [5, 5.41) is 7.26. The quantitative estimate of drug-likeness (QED) is 0.159. The number of nitrogens with zero attached hydrogens (tertiary/aromatic N) is 2. The lowest BCUT2D eigenvalue weighted by Crippen LogP contribution is -2.73. The van der Waals surface area contributed by atoms with Gasteiger partial charge in [-0.15, -0.1) is 0 Å². The van der Waals surface area contributed by atoms with E-state index in [9.17, 15) is 0 Å². The van der Waals surface area contributed by atoms with Crippen molar-refractivity contribution in [2.75, 3.05) is 9.80 Å². The van der Waals surface area contributed by atoms with Gasteiger partial charge in [0.1, 0.15) is 0 Å². The Morgan fingerprint density at radius 2 is 0.922 bits per heavy atom. The SMILES string of the molecule is CC(C)(C)c1ccc(N2c3ccc(C(C)(C)C)cc3B3c4cc5c(cc4N(c4ccccc4)c4cc([Si](C)(C)C)cc2c43)-c2ccccc2[Si]5(c2ccccc2)c2ccccc2)cc1. The highest BCUT2D eigenvalue weighted by atomic mass is 28.3. The van der Waals surface area contributed by atoms with E-state index in [0.29, 0.717) is 0 Å². The topological polar surface area (TPSA) is 6.48 Å². The van der Waals surface area contributed by atoms with Crippen LogP contribution < -0.4 is 52.1 Å². The third-order valence-corrected chi connectivity index (χ3v) is 21.3. The van der Waals surface area contributed by atoms with Crippen molar-refractivity contribution in [2.24, 2.45) is 0 Å². The highest BCUT2D eigenvalue weighted by Gasteiger charge is 2.51. The van der Waals surface area contributed by atoms with E-state index in [1.54, 1.807) is 0 Å². The number of hydrogen-bond donors (Lipinski definition) is 0. The molecule has 5 heteroatoms. The summed E-state index contributed by atoms with van der Waals surface area (Å²) >= 11 is 0. The fourth-order valence-corrected chi connectivity index (χ4v) is 17.4.